The molecule has 0 amide bonds. The molecule has 1 aliphatic rings. The maximum atomic E-state index is 4.54. The smallest absolute Gasteiger partial charge is 0.124 e. The number of aryl methyl sites for hydroxylation is 1. The van der Waals surface area contributed by atoms with Gasteiger partial charge in [0.2, 0.25) is 0 Å². The molecule has 2 N–H and O–H groups in total. The number of benzene rings is 1. The lowest BCUT2D eigenvalue weighted by atomic mass is 10.0. The van der Waals surface area contributed by atoms with Crippen LogP contribution >= 0.6 is 0 Å². The molecule has 0 unspecified atom stereocenters. The normalized spacial score (nSPS) is 17.8. The molecule has 3 heterocycles. The summed E-state index contributed by atoms with van der Waals surface area (Å²) in [6.45, 7) is 7.18. The van der Waals surface area contributed by atoms with Gasteiger partial charge in [-0.3, -0.25) is 0 Å². The molecule has 0 bridgehead atoms. The summed E-state index contributed by atoms with van der Waals surface area (Å²) in [5.41, 5.74) is 3.50. The predicted octanol–water partition coefficient (Wildman–Crippen LogP) is 2.77. The standard InChI is InChI=1S/C19H24N6/c1-14-9-19-22-11-16(12-25(19)23-14)10-21-15(2)17-3-5-18(6-4-17)24-8-7-20-13-24/h3-9,13,15-16,21-22H,10-12H2,1-2H3/t15-,16+/m0/s1. The van der Waals surface area contributed by atoms with Crippen molar-refractivity contribution in [3.05, 3.63) is 60.3 Å². The summed E-state index contributed by atoms with van der Waals surface area (Å²) < 4.78 is 4.09. The number of hydrogen-bond donors (Lipinski definition) is 2. The number of aromatic nitrogens is 4. The molecule has 3 aromatic rings. The van der Waals surface area contributed by atoms with Gasteiger partial charge in [-0.1, -0.05) is 12.1 Å². The van der Waals surface area contributed by atoms with Crippen LogP contribution in [0.5, 0.6) is 0 Å². The number of nitrogens with zero attached hydrogens (tertiary/aromatic N) is 4. The Labute approximate surface area is 147 Å². The molecular weight excluding hydrogens is 312 g/mol. The van der Waals surface area contributed by atoms with E-state index in [0.717, 1.165) is 36.8 Å². The highest BCUT2D eigenvalue weighted by Gasteiger charge is 2.19. The summed E-state index contributed by atoms with van der Waals surface area (Å²) in [5, 5.41) is 11.7. The molecular formula is C19H24N6. The van der Waals surface area contributed by atoms with Gasteiger partial charge in [0.25, 0.3) is 0 Å². The van der Waals surface area contributed by atoms with Crippen molar-refractivity contribution >= 4 is 5.82 Å². The van der Waals surface area contributed by atoms with Crippen LogP contribution in [-0.2, 0) is 6.54 Å². The molecule has 25 heavy (non-hydrogen) atoms. The zero-order chi connectivity index (χ0) is 17.2. The molecule has 4 rings (SSSR count). The van der Waals surface area contributed by atoms with Crippen molar-refractivity contribution in [1.82, 2.24) is 24.6 Å². The molecule has 130 valence electrons. The predicted molar refractivity (Wildman–Crippen MR) is 98.9 cm³/mol. The third-order valence-corrected chi connectivity index (χ3v) is 4.81. The van der Waals surface area contributed by atoms with Gasteiger partial charge in [-0.2, -0.15) is 5.10 Å². The molecule has 0 saturated carbocycles. The van der Waals surface area contributed by atoms with Gasteiger partial charge < -0.3 is 15.2 Å². The Bertz CT molecular complexity index is 818. The summed E-state index contributed by atoms with van der Waals surface area (Å²) in [4.78, 5) is 4.09. The zero-order valence-corrected chi connectivity index (χ0v) is 14.7. The van der Waals surface area contributed by atoms with E-state index in [2.05, 4.69) is 62.7 Å². The van der Waals surface area contributed by atoms with E-state index in [9.17, 15) is 0 Å². The number of hydrogen-bond acceptors (Lipinski definition) is 4. The molecule has 2 aromatic heterocycles. The second-order valence-corrected chi connectivity index (χ2v) is 6.79. The van der Waals surface area contributed by atoms with Crippen LogP contribution in [0.1, 0.15) is 24.2 Å². The Morgan fingerprint density at radius 1 is 1.32 bits per heavy atom. The Kier molecular flexibility index (Phi) is 4.28. The van der Waals surface area contributed by atoms with Crippen LogP contribution in [0.4, 0.5) is 5.82 Å². The van der Waals surface area contributed by atoms with E-state index in [1.807, 2.05) is 24.0 Å². The Morgan fingerprint density at radius 2 is 2.16 bits per heavy atom. The molecule has 0 aliphatic carbocycles. The van der Waals surface area contributed by atoms with Crippen molar-refractivity contribution in [3.8, 4) is 5.69 Å². The van der Waals surface area contributed by atoms with E-state index in [1.54, 1.807) is 6.20 Å². The van der Waals surface area contributed by atoms with E-state index in [4.69, 9.17) is 0 Å². The van der Waals surface area contributed by atoms with Crippen molar-refractivity contribution in [2.75, 3.05) is 18.4 Å². The van der Waals surface area contributed by atoms with Crippen LogP contribution < -0.4 is 10.6 Å². The van der Waals surface area contributed by atoms with Gasteiger partial charge in [-0.05, 0) is 31.5 Å². The molecule has 0 spiro atoms. The van der Waals surface area contributed by atoms with Gasteiger partial charge in [0, 0.05) is 55.7 Å². The minimum Gasteiger partial charge on any atom is -0.370 e. The Morgan fingerprint density at radius 3 is 2.92 bits per heavy atom. The van der Waals surface area contributed by atoms with Crippen LogP contribution in [0.15, 0.2) is 49.1 Å². The van der Waals surface area contributed by atoms with Crippen LogP contribution in [-0.4, -0.2) is 32.4 Å². The molecule has 6 heteroatoms. The molecule has 0 fully saturated rings. The highest BCUT2D eigenvalue weighted by atomic mass is 15.3. The largest absolute Gasteiger partial charge is 0.370 e. The van der Waals surface area contributed by atoms with Crippen molar-refractivity contribution in [3.63, 3.8) is 0 Å². The van der Waals surface area contributed by atoms with E-state index in [-0.39, 0.29) is 0 Å². The highest BCUT2D eigenvalue weighted by Crippen LogP contribution is 2.20. The summed E-state index contributed by atoms with van der Waals surface area (Å²) in [5.74, 6) is 1.68. The van der Waals surface area contributed by atoms with Crippen LogP contribution in [0.25, 0.3) is 5.69 Å². The average Bonchev–Trinajstić information content (AvgIpc) is 3.28. The summed E-state index contributed by atoms with van der Waals surface area (Å²) in [7, 11) is 0. The van der Waals surface area contributed by atoms with Crippen LogP contribution in [0.3, 0.4) is 0 Å². The lowest BCUT2D eigenvalue weighted by Crippen LogP contribution is -2.36. The second-order valence-electron chi connectivity index (χ2n) is 6.79. The lowest BCUT2D eigenvalue weighted by Gasteiger charge is -2.26. The molecule has 6 nitrogen and oxygen atoms in total. The fraction of sp³-hybridized carbons (Fsp3) is 0.368. The monoisotopic (exact) mass is 336 g/mol. The number of nitrogens with one attached hydrogen (secondary N) is 2. The average molecular weight is 336 g/mol. The maximum absolute atomic E-state index is 4.54. The molecule has 2 atom stereocenters. The molecule has 0 radical (unpaired) electrons. The SMILES string of the molecule is Cc1cc2n(n1)C[C@H](CN[C@@H](C)c1ccc(-n3ccnc3)cc1)CN2. The third kappa shape index (κ3) is 3.44. The first kappa shape index (κ1) is 15.9. The van der Waals surface area contributed by atoms with E-state index < -0.39 is 0 Å². The van der Waals surface area contributed by atoms with E-state index in [0.29, 0.717) is 12.0 Å². The lowest BCUT2D eigenvalue weighted by molar-refractivity contribution is 0.375. The second kappa shape index (κ2) is 6.72. The Balaban J connectivity index is 1.34. The number of fused-ring (bicyclic) bond motifs is 1. The number of anilines is 1. The first-order valence-corrected chi connectivity index (χ1v) is 8.79. The first-order chi connectivity index (χ1) is 12.2. The summed E-state index contributed by atoms with van der Waals surface area (Å²) >= 11 is 0. The third-order valence-electron chi connectivity index (χ3n) is 4.81. The highest BCUT2D eigenvalue weighted by molar-refractivity contribution is 5.38. The van der Waals surface area contributed by atoms with Crippen LogP contribution in [0, 0.1) is 12.8 Å². The van der Waals surface area contributed by atoms with Gasteiger partial charge in [0.1, 0.15) is 5.82 Å². The molecule has 0 saturated heterocycles. The van der Waals surface area contributed by atoms with E-state index in [1.165, 1.54) is 5.56 Å². The fourth-order valence-corrected chi connectivity index (χ4v) is 3.33. The number of rotatable bonds is 5. The van der Waals surface area contributed by atoms with Crippen molar-refractivity contribution in [2.24, 2.45) is 5.92 Å². The minimum absolute atomic E-state index is 0.317. The van der Waals surface area contributed by atoms with Gasteiger partial charge in [-0.25, -0.2) is 9.67 Å². The first-order valence-electron chi connectivity index (χ1n) is 8.79. The van der Waals surface area contributed by atoms with Crippen molar-refractivity contribution < 1.29 is 0 Å². The van der Waals surface area contributed by atoms with Gasteiger partial charge in [0.15, 0.2) is 0 Å². The maximum Gasteiger partial charge on any atom is 0.124 e. The zero-order valence-electron chi connectivity index (χ0n) is 14.7. The van der Waals surface area contributed by atoms with Gasteiger partial charge in [-0.15, -0.1) is 0 Å². The van der Waals surface area contributed by atoms with Gasteiger partial charge in [0.05, 0.1) is 12.0 Å². The topological polar surface area (TPSA) is 59.7 Å². The summed E-state index contributed by atoms with van der Waals surface area (Å²) in [6.07, 6.45) is 5.57. The fourth-order valence-electron chi connectivity index (χ4n) is 3.33. The minimum atomic E-state index is 0.317. The van der Waals surface area contributed by atoms with Crippen LogP contribution in [0.2, 0.25) is 0 Å². The number of imidazole rings is 1. The van der Waals surface area contributed by atoms with Gasteiger partial charge >= 0.3 is 0 Å². The van der Waals surface area contributed by atoms with E-state index >= 15 is 0 Å². The molecule has 1 aliphatic heterocycles. The van der Waals surface area contributed by atoms with Crippen molar-refractivity contribution in [1.29, 1.82) is 0 Å². The van der Waals surface area contributed by atoms with Crippen molar-refractivity contribution in [2.45, 2.75) is 26.4 Å². The summed E-state index contributed by atoms with van der Waals surface area (Å²) in [6, 6.07) is 11.1. The quantitative estimate of drug-likeness (QED) is 0.752. The Hall–Kier alpha value is -2.60. The molecule has 1 aromatic carbocycles.